The summed E-state index contributed by atoms with van der Waals surface area (Å²) in [6.07, 6.45) is 3.54. The number of benzene rings is 1. The largest absolute Gasteiger partial charge is 0.352 e. The van der Waals surface area contributed by atoms with Gasteiger partial charge >= 0.3 is 0 Å². The van der Waals surface area contributed by atoms with E-state index >= 15 is 0 Å². The van der Waals surface area contributed by atoms with Gasteiger partial charge in [0.1, 0.15) is 0 Å². The van der Waals surface area contributed by atoms with Crippen LogP contribution < -0.4 is 5.32 Å². The monoisotopic (exact) mass is 315 g/mol. The van der Waals surface area contributed by atoms with Gasteiger partial charge in [-0.2, -0.15) is 0 Å². The van der Waals surface area contributed by atoms with Gasteiger partial charge in [-0.3, -0.25) is 4.79 Å². The molecule has 1 fully saturated rings. The number of rotatable bonds is 3. The minimum Gasteiger partial charge on any atom is -0.352 e. The predicted molar refractivity (Wildman–Crippen MR) is 73.8 cm³/mol. The Morgan fingerprint density at radius 2 is 2.29 bits per heavy atom. The van der Waals surface area contributed by atoms with E-state index in [1.165, 1.54) is 12.8 Å². The highest BCUT2D eigenvalue weighted by Gasteiger charge is 2.22. The predicted octanol–water partition coefficient (Wildman–Crippen LogP) is 3.63. The van der Waals surface area contributed by atoms with Crippen LogP contribution in [-0.4, -0.2) is 17.3 Å². The van der Waals surface area contributed by atoms with Crippen molar-refractivity contribution in [3.63, 3.8) is 0 Å². The van der Waals surface area contributed by atoms with Gasteiger partial charge in [-0.05, 0) is 43.4 Å². The van der Waals surface area contributed by atoms with Gasteiger partial charge in [-0.25, -0.2) is 0 Å². The van der Waals surface area contributed by atoms with Gasteiger partial charge in [0.15, 0.2) is 0 Å². The van der Waals surface area contributed by atoms with Crippen LogP contribution in [0.3, 0.4) is 0 Å². The SMILES string of the molecule is O=C(NCC1CCC(Br)C1)c1cccc(Cl)c1. The lowest BCUT2D eigenvalue weighted by atomic mass is 10.1. The summed E-state index contributed by atoms with van der Waals surface area (Å²) >= 11 is 9.46. The molecule has 1 aliphatic rings. The molecule has 0 aliphatic heterocycles. The number of carbonyl (C=O) groups is 1. The number of amides is 1. The lowest BCUT2D eigenvalue weighted by Gasteiger charge is -2.11. The molecule has 1 N–H and O–H groups in total. The smallest absolute Gasteiger partial charge is 0.251 e. The highest BCUT2D eigenvalue weighted by atomic mass is 79.9. The van der Waals surface area contributed by atoms with E-state index in [-0.39, 0.29) is 5.91 Å². The van der Waals surface area contributed by atoms with E-state index < -0.39 is 0 Å². The fourth-order valence-electron chi connectivity index (χ4n) is 2.17. The maximum atomic E-state index is 11.9. The van der Waals surface area contributed by atoms with Crippen molar-refractivity contribution < 1.29 is 4.79 Å². The molecule has 0 radical (unpaired) electrons. The van der Waals surface area contributed by atoms with Crippen molar-refractivity contribution in [2.45, 2.75) is 24.1 Å². The number of carbonyl (C=O) groups excluding carboxylic acids is 1. The summed E-state index contributed by atoms with van der Waals surface area (Å²) in [5.74, 6) is 0.563. The first-order chi connectivity index (χ1) is 8.15. The lowest BCUT2D eigenvalue weighted by molar-refractivity contribution is 0.0947. The third kappa shape index (κ3) is 3.71. The summed E-state index contributed by atoms with van der Waals surface area (Å²) < 4.78 is 0. The third-order valence-electron chi connectivity index (χ3n) is 3.12. The molecular formula is C13H15BrClNO. The molecule has 2 unspecified atom stereocenters. The Kier molecular flexibility index (Phi) is 4.46. The van der Waals surface area contributed by atoms with Gasteiger partial charge in [0.2, 0.25) is 0 Å². The molecule has 2 nitrogen and oxygen atoms in total. The number of hydrogen-bond donors (Lipinski definition) is 1. The summed E-state index contributed by atoms with van der Waals surface area (Å²) in [6.45, 7) is 0.757. The molecule has 2 rings (SSSR count). The Morgan fingerprint density at radius 1 is 1.47 bits per heavy atom. The lowest BCUT2D eigenvalue weighted by Crippen LogP contribution is -2.28. The Hall–Kier alpha value is -0.540. The quantitative estimate of drug-likeness (QED) is 0.848. The molecule has 0 heterocycles. The molecule has 0 aromatic heterocycles. The van der Waals surface area contributed by atoms with Gasteiger partial charge in [-0.15, -0.1) is 0 Å². The zero-order valence-corrected chi connectivity index (χ0v) is 11.8. The molecule has 92 valence electrons. The van der Waals surface area contributed by atoms with Crippen molar-refractivity contribution in [1.29, 1.82) is 0 Å². The molecule has 1 aliphatic carbocycles. The molecule has 1 aromatic rings. The topological polar surface area (TPSA) is 29.1 Å². The fourth-order valence-corrected chi connectivity index (χ4v) is 3.15. The summed E-state index contributed by atoms with van der Waals surface area (Å²) in [5, 5.41) is 3.57. The van der Waals surface area contributed by atoms with Crippen molar-refractivity contribution in [2.75, 3.05) is 6.54 Å². The van der Waals surface area contributed by atoms with Crippen LogP contribution in [0, 0.1) is 5.92 Å². The average Bonchev–Trinajstić information content (AvgIpc) is 2.72. The minimum atomic E-state index is -0.0366. The van der Waals surface area contributed by atoms with Crippen molar-refractivity contribution in [3.8, 4) is 0 Å². The van der Waals surface area contributed by atoms with Crippen molar-refractivity contribution in [1.82, 2.24) is 5.32 Å². The number of alkyl halides is 1. The van der Waals surface area contributed by atoms with Crippen LogP contribution in [0.25, 0.3) is 0 Å². The Morgan fingerprint density at radius 3 is 2.94 bits per heavy atom. The van der Waals surface area contributed by atoms with E-state index in [2.05, 4.69) is 21.2 Å². The van der Waals surface area contributed by atoms with E-state index in [4.69, 9.17) is 11.6 Å². The van der Waals surface area contributed by atoms with Gasteiger partial charge < -0.3 is 5.32 Å². The fraction of sp³-hybridized carbons (Fsp3) is 0.462. The van der Waals surface area contributed by atoms with E-state index in [0.717, 1.165) is 13.0 Å². The molecule has 1 amide bonds. The first-order valence-corrected chi connectivity index (χ1v) is 7.12. The van der Waals surface area contributed by atoms with Crippen LogP contribution in [-0.2, 0) is 0 Å². The first kappa shape index (κ1) is 12.9. The highest BCUT2D eigenvalue weighted by molar-refractivity contribution is 9.09. The van der Waals surface area contributed by atoms with Crippen LogP contribution in [0.1, 0.15) is 29.6 Å². The number of nitrogens with one attached hydrogen (secondary N) is 1. The maximum Gasteiger partial charge on any atom is 0.251 e. The van der Waals surface area contributed by atoms with Crippen LogP contribution in [0.5, 0.6) is 0 Å². The van der Waals surface area contributed by atoms with Gasteiger partial charge in [0, 0.05) is 22.0 Å². The number of hydrogen-bond acceptors (Lipinski definition) is 1. The molecule has 1 saturated carbocycles. The van der Waals surface area contributed by atoms with Crippen molar-refractivity contribution in [2.24, 2.45) is 5.92 Å². The van der Waals surface area contributed by atoms with Crippen LogP contribution >= 0.6 is 27.5 Å². The third-order valence-corrected chi connectivity index (χ3v) is 4.18. The molecule has 0 saturated heterocycles. The summed E-state index contributed by atoms with van der Waals surface area (Å²) in [5.41, 5.74) is 0.630. The second kappa shape index (κ2) is 5.87. The highest BCUT2D eigenvalue weighted by Crippen LogP contribution is 2.30. The molecule has 17 heavy (non-hydrogen) atoms. The van der Waals surface area contributed by atoms with Crippen LogP contribution in [0.15, 0.2) is 24.3 Å². The standard InChI is InChI=1S/C13H15BrClNO/c14-11-5-4-9(6-11)8-16-13(17)10-2-1-3-12(15)7-10/h1-3,7,9,11H,4-6,8H2,(H,16,17). The zero-order chi connectivity index (χ0) is 12.3. The van der Waals surface area contributed by atoms with Crippen molar-refractivity contribution in [3.05, 3.63) is 34.9 Å². The van der Waals surface area contributed by atoms with Crippen LogP contribution in [0.4, 0.5) is 0 Å². The van der Waals surface area contributed by atoms with Gasteiger partial charge in [-0.1, -0.05) is 33.6 Å². The molecule has 2 atom stereocenters. The molecule has 0 spiro atoms. The van der Waals surface area contributed by atoms with Gasteiger partial charge in [0.25, 0.3) is 5.91 Å². The Balaban J connectivity index is 1.85. The Bertz CT molecular complexity index is 410. The molecular weight excluding hydrogens is 302 g/mol. The molecule has 4 heteroatoms. The summed E-state index contributed by atoms with van der Waals surface area (Å²) in [4.78, 5) is 12.5. The van der Waals surface area contributed by atoms with Crippen molar-refractivity contribution >= 4 is 33.4 Å². The zero-order valence-electron chi connectivity index (χ0n) is 9.46. The van der Waals surface area contributed by atoms with E-state index in [1.807, 2.05) is 0 Å². The minimum absolute atomic E-state index is 0.0366. The van der Waals surface area contributed by atoms with E-state index in [1.54, 1.807) is 24.3 Å². The van der Waals surface area contributed by atoms with E-state index in [9.17, 15) is 4.79 Å². The normalized spacial score (nSPS) is 23.6. The maximum absolute atomic E-state index is 11.9. The van der Waals surface area contributed by atoms with E-state index in [0.29, 0.717) is 21.3 Å². The second-order valence-electron chi connectivity index (χ2n) is 4.50. The summed E-state index contributed by atoms with van der Waals surface area (Å²) in [6, 6.07) is 7.04. The second-order valence-corrected chi connectivity index (χ2v) is 6.23. The number of halogens is 2. The first-order valence-electron chi connectivity index (χ1n) is 5.83. The molecule has 1 aromatic carbocycles. The Labute approximate surface area is 115 Å². The molecule has 0 bridgehead atoms. The van der Waals surface area contributed by atoms with Crippen LogP contribution in [0.2, 0.25) is 5.02 Å². The summed E-state index contributed by atoms with van der Waals surface area (Å²) in [7, 11) is 0. The average molecular weight is 317 g/mol. The van der Waals surface area contributed by atoms with Gasteiger partial charge in [0.05, 0.1) is 0 Å².